The van der Waals surface area contributed by atoms with E-state index in [-0.39, 0.29) is 82.9 Å². The van der Waals surface area contributed by atoms with E-state index in [2.05, 4.69) is 36.3 Å². The highest BCUT2D eigenvalue weighted by Crippen LogP contribution is 2.41. The van der Waals surface area contributed by atoms with Crippen LogP contribution in [-0.4, -0.2) is 85.0 Å². The fourth-order valence-corrected chi connectivity index (χ4v) is 8.26. The number of nitriles is 1. The lowest BCUT2D eigenvalue weighted by atomic mass is 9.88. The third kappa shape index (κ3) is 12.9. The Morgan fingerprint density at radius 2 is 1.57 bits per heavy atom. The highest BCUT2D eigenvalue weighted by Gasteiger charge is 2.36. The van der Waals surface area contributed by atoms with E-state index in [0.717, 1.165) is 17.7 Å². The van der Waals surface area contributed by atoms with Crippen molar-refractivity contribution in [3.05, 3.63) is 101 Å². The molecule has 7 N–H and O–H groups in total. The van der Waals surface area contributed by atoms with E-state index < -0.39 is 41.5 Å². The van der Waals surface area contributed by atoms with Gasteiger partial charge in [-0.2, -0.15) is 5.26 Å². The van der Waals surface area contributed by atoms with Crippen molar-refractivity contribution in [2.24, 2.45) is 35.0 Å². The first-order chi connectivity index (χ1) is 31.2. The van der Waals surface area contributed by atoms with Crippen LogP contribution in [0.3, 0.4) is 0 Å². The first-order valence-corrected chi connectivity index (χ1v) is 22.4. The summed E-state index contributed by atoms with van der Waals surface area (Å²) in [5, 5.41) is 12.1. The number of hydrogen-bond acceptors (Lipinski definition) is 12. The molecule has 0 fully saturated rings. The Hall–Kier alpha value is -6.27. The van der Waals surface area contributed by atoms with Gasteiger partial charge in [0.25, 0.3) is 0 Å². The molecule has 2 heterocycles. The minimum Gasteiger partial charge on any atom is -0.492 e. The average molecular weight is 886 g/mol. The van der Waals surface area contributed by atoms with Crippen LogP contribution in [0.15, 0.2) is 72.9 Å². The molecule has 14 nitrogen and oxygen atoms in total. The predicted molar refractivity (Wildman–Crippen MR) is 250 cm³/mol. The second-order valence-electron chi connectivity index (χ2n) is 17.3. The number of nitrogens with one attached hydrogen (secondary N) is 1. The molecule has 1 aliphatic heterocycles. The topological polar surface area (TPSA) is 234 Å². The number of carbonyl (C=O) groups excluding carboxylic acids is 5. The third-order valence-electron chi connectivity index (χ3n) is 11.6. The van der Waals surface area contributed by atoms with E-state index in [1.165, 1.54) is 17.5 Å². The second kappa shape index (κ2) is 23.6. The number of pyridine rings is 1. The first kappa shape index (κ1) is 49.7. The zero-order valence-electron chi connectivity index (χ0n) is 38.2. The molecule has 0 saturated carbocycles. The number of benzene rings is 3. The molecule has 0 spiro atoms. The van der Waals surface area contributed by atoms with E-state index >= 15 is 0 Å². The number of ether oxygens (including phenoxy) is 2. The maximum atomic E-state index is 14.7. The molecular formula is C51H63N7O7. The number of aryl methyl sites for hydroxylation is 1. The van der Waals surface area contributed by atoms with Crippen LogP contribution in [0.2, 0.25) is 0 Å². The van der Waals surface area contributed by atoms with Crippen molar-refractivity contribution in [1.29, 1.82) is 5.26 Å². The monoisotopic (exact) mass is 885 g/mol. The van der Waals surface area contributed by atoms with Gasteiger partial charge in [-0.05, 0) is 91.2 Å². The van der Waals surface area contributed by atoms with Crippen molar-refractivity contribution in [1.82, 2.24) is 15.2 Å². The number of nitrogens with two attached hydrogens (primary N) is 3. The Labute approximate surface area is 382 Å². The van der Waals surface area contributed by atoms with Crippen LogP contribution >= 0.6 is 0 Å². The van der Waals surface area contributed by atoms with E-state index in [0.29, 0.717) is 50.8 Å². The summed E-state index contributed by atoms with van der Waals surface area (Å²) in [7, 11) is 1.51. The van der Waals surface area contributed by atoms with Crippen LogP contribution in [0.4, 0.5) is 0 Å². The van der Waals surface area contributed by atoms with Gasteiger partial charge in [-0.15, -0.1) is 0 Å². The molecule has 14 heteroatoms. The van der Waals surface area contributed by atoms with Gasteiger partial charge in [0.05, 0.1) is 17.8 Å². The summed E-state index contributed by atoms with van der Waals surface area (Å²) in [6.45, 7) is 8.67. The number of hydrogen-bond donors (Lipinski definition) is 4. The molecule has 0 aliphatic carbocycles. The molecule has 0 saturated heterocycles. The summed E-state index contributed by atoms with van der Waals surface area (Å²) in [4.78, 5) is 76.7. The van der Waals surface area contributed by atoms with Crippen LogP contribution in [0, 0.1) is 36.0 Å². The minimum atomic E-state index is -1.22. The normalized spacial score (nSPS) is 16.8. The van der Waals surface area contributed by atoms with Crippen LogP contribution in [0.25, 0.3) is 22.4 Å². The molecule has 4 bridgehead atoms. The highest BCUT2D eigenvalue weighted by molar-refractivity contribution is 6.01. The predicted octanol–water partition coefficient (Wildman–Crippen LogP) is 5.84. The van der Waals surface area contributed by atoms with Crippen LogP contribution in [0.1, 0.15) is 91.5 Å². The SMILES string of the molecule is Cc1cc(-c2ccc(CC(C)C)cc2)ncc1C(=O)C[C@@H](CCN)C(=O)N(C)[C@@H]1C(=O)C[C@@H](C)C(=O)N[C@H](C(=O)CCC#N)Cc2ccc(OCCN)c(c2)-c2cc1ccc2OCCN. The molecule has 0 radical (unpaired) electrons. The largest absolute Gasteiger partial charge is 0.492 e. The number of likely N-dealkylation sites (N-methyl/N-ethyl adjacent to an activating group) is 1. The van der Waals surface area contributed by atoms with E-state index in [4.69, 9.17) is 26.7 Å². The lowest BCUT2D eigenvalue weighted by molar-refractivity contribution is -0.142. The number of amides is 2. The summed E-state index contributed by atoms with van der Waals surface area (Å²) < 4.78 is 12.3. The van der Waals surface area contributed by atoms with Crippen molar-refractivity contribution >= 4 is 29.2 Å². The molecule has 3 aromatic carbocycles. The molecule has 0 unspecified atom stereocenters. The van der Waals surface area contributed by atoms with Gasteiger partial charge < -0.3 is 36.9 Å². The Morgan fingerprint density at radius 3 is 2.18 bits per heavy atom. The smallest absolute Gasteiger partial charge is 0.226 e. The number of ketones is 3. The third-order valence-corrected chi connectivity index (χ3v) is 11.6. The minimum absolute atomic E-state index is 0.0275. The van der Waals surface area contributed by atoms with Crippen molar-refractivity contribution in [3.8, 4) is 40.0 Å². The second-order valence-corrected chi connectivity index (χ2v) is 17.3. The van der Waals surface area contributed by atoms with E-state index in [1.54, 1.807) is 43.5 Å². The van der Waals surface area contributed by atoms with Gasteiger partial charge in [0, 0.05) is 86.1 Å². The number of rotatable bonds is 19. The molecule has 5 rings (SSSR count). The fourth-order valence-electron chi connectivity index (χ4n) is 8.26. The quantitative estimate of drug-likeness (QED) is 0.0813. The summed E-state index contributed by atoms with van der Waals surface area (Å²) in [5.74, 6) is -2.49. The summed E-state index contributed by atoms with van der Waals surface area (Å²) in [5.41, 5.74) is 23.9. The first-order valence-electron chi connectivity index (χ1n) is 22.4. The highest BCUT2D eigenvalue weighted by atomic mass is 16.5. The zero-order valence-corrected chi connectivity index (χ0v) is 38.2. The van der Waals surface area contributed by atoms with E-state index in [9.17, 15) is 29.2 Å². The number of aromatic nitrogens is 1. The zero-order chi connectivity index (χ0) is 47.2. The van der Waals surface area contributed by atoms with Crippen LogP contribution in [-0.2, 0) is 32.0 Å². The maximum absolute atomic E-state index is 14.7. The van der Waals surface area contributed by atoms with Crippen molar-refractivity contribution in [2.45, 2.75) is 84.7 Å². The lowest BCUT2D eigenvalue weighted by Gasteiger charge is -2.32. The summed E-state index contributed by atoms with van der Waals surface area (Å²) in [6, 6.07) is 20.4. The van der Waals surface area contributed by atoms with Crippen molar-refractivity contribution in [2.75, 3.05) is 39.9 Å². The molecule has 4 aromatic rings. The van der Waals surface area contributed by atoms with Crippen LogP contribution in [0.5, 0.6) is 11.5 Å². The Bertz CT molecular complexity index is 2380. The van der Waals surface area contributed by atoms with Crippen LogP contribution < -0.4 is 32.0 Å². The molecule has 1 aliphatic rings. The molecule has 65 heavy (non-hydrogen) atoms. The standard InChI is InChI=1S/C51H63N7O7/c1-31(2)23-34-8-11-36(12-9-34)42-24-32(3)41(30-56-42)45(60)29-38(16-18-53)51(63)58(5)49-37-13-15-48(65-22-20-55)40(28-37)39-26-35(10-14-47(39)64-21-19-54)27-43(44(59)7-6-17-52)57-50(62)33(4)25-46(49)61/h8-15,24,26,28,30-31,33,38,43,49H,6-7,16,18-23,25,27,29,53-55H2,1-5H3,(H,57,62)/t33-,38-,43+,49+/m1/s1. The van der Waals surface area contributed by atoms with Gasteiger partial charge in [0.15, 0.2) is 17.3 Å². The summed E-state index contributed by atoms with van der Waals surface area (Å²) >= 11 is 0. The number of carbonyl (C=O) groups is 5. The molecule has 1 aromatic heterocycles. The molecular weight excluding hydrogens is 823 g/mol. The van der Waals surface area contributed by atoms with Gasteiger partial charge in [-0.25, -0.2) is 0 Å². The fraction of sp³-hybridized carbons (Fsp3) is 0.431. The molecule has 2 amide bonds. The van der Waals surface area contributed by atoms with Gasteiger partial charge in [-0.1, -0.05) is 57.2 Å². The Morgan fingerprint density at radius 1 is 0.908 bits per heavy atom. The van der Waals surface area contributed by atoms with E-state index in [1.807, 2.05) is 37.3 Å². The van der Waals surface area contributed by atoms with Crippen molar-refractivity contribution in [3.63, 3.8) is 0 Å². The lowest BCUT2D eigenvalue weighted by Crippen LogP contribution is -2.46. The van der Waals surface area contributed by atoms with Gasteiger partial charge in [0.2, 0.25) is 11.8 Å². The molecule has 4 atom stereocenters. The van der Waals surface area contributed by atoms with Gasteiger partial charge in [-0.3, -0.25) is 29.0 Å². The Balaban J connectivity index is 1.55. The summed E-state index contributed by atoms with van der Waals surface area (Å²) in [6.07, 6.45) is 2.21. The number of Topliss-reactive ketones (excluding diaryl/α,β-unsaturated/α-hetero) is 3. The van der Waals surface area contributed by atoms with Gasteiger partial charge in [0.1, 0.15) is 30.8 Å². The van der Waals surface area contributed by atoms with Crippen molar-refractivity contribution < 1.29 is 33.4 Å². The van der Waals surface area contributed by atoms with Gasteiger partial charge >= 0.3 is 0 Å². The molecule has 344 valence electrons. The average Bonchev–Trinajstić information content (AvgIpc) is 3.28. The number of fused-ring (bicyclic) bond motifs is 5. The Kier molecular flexibility index (Phi) is 18.1. The maximum Gasteiger partial charge on any atom is 0.226 e. The number of nitrogens with zero attached hydrogens (tertiary/aromatic N) is 3.